The molecule has 6 rings (SSSR count). The molecule has 0 bridgehead atoms. The third-order valence-electron chi connectivity index (χ3n) is 10.3. The summed E-state index contributed by atoms with van der Waals surface area (Å²) in [5, 5.41) is 0. The van der Waals surface area contributed by atoms with Crippen LogP contribution in [-0.4, -0.2) is 6.36 Å². The molecule has 0 radical (unpaired) electrons. The van der Waals surface area contributed by atoms with Crippen LogP contribution < -0.4 is 4.74 Å². The second kappa shape index (κ2) is 23.4. The fraction of sp³-hybridized carbons (Fsp3) is 0.254. The number of benzene rings is 6. The lowest BCUT2D eigenvalue weighted by molar-refractivity contribution is -0.274. The fourth-order valence-corrected chi connectivity index (χ4v) is 6.70. The monoisotopic (exact) mass is 836 g/mol. The molecule has 0 fully saturated rings. The molecule has 0 atom stereocenters. The van der Waals surface area contributed by atoms with Crippen molar-refractivity contribution in [2.24, 2.45) is 0 Å². The number of halogens is 3. The third-order valence-corrected chi connectivity index (χ3v) is 10.3. The molecule has 6 aromatic carbocycles. The average molecular weight is 837 g/mol. The van der Waals surface area contributed by atoms with Crippen LogP contribution in [0, 0.1) is 88.9 Å². The normalized spacial score (nSPS) is 10.3. The van der Waals surface area contributed by atoms with Crippen LogP contribution in [0.3, 0.4) is 0 Å². The van der Waals surface area contributed by atoms with Gasteiger partial charge in [0.2, 0.25) is 0 Å². The predicted octanol–water partition coefficient (Wildman–Crippen LogP) is 14.6. The Morgan fingerprint density at radius 2 is 0.746 bits per heavy atom. The number of hydrogen-bond acceptors (Lipinski definition) is 1. The first kappa shape index (κ1) is 47.2. The van der Waals surface area contributed by atoms with Crippen LogP contribution >= 0.6 is 0 Å². The van der Waals surface area contributed by atoms with Crippen molar-refractivity contribution in [2.75, 3.05) is 0 Å². The fourth-order valence-electron chi connectivity index (χ4n) is 6.70. The van der Waals surface area contributed by atoms with Crippen molar-refractivity contribution in [2.45, 2.75) is 99.8 Å². The molecule has 0 N–H and O–H groups in total. The Balaban J connectivity index is 0.000000239. The predicted molar refractivity (Wildman–Crippen MR) is 255 cm³/mol. The van der Waals surface area contributed by atoms with Crippen LogP contribution in [0.25, 0.3) is 0 Å². The highest BCUT2D eigenvalue weighted by Gasteiger charge is 2.32. The zero-order chi connectivity index (χ0) is 45.2. The Labute approximate surface area is 374 Å². The topological polar surface area (TPSA) is 9.23 Å². The van der Waals surface area contributed by atoms with Crippen molar-refractivity contribution in [3.63, 3.8) is 0 Å². The van der Waals surface area contributed by atoms with E-state index in [1.165, 1.54) is 72.4 Å². The number of ether oxygens (including phenoxy) is 1. The van der Waals surface area contributed by atoms with E-state index in [-0.39, 0.29) is 11.3 Å². The first-order chi connectivity index (χ1) is 30.2. The van der Waals surface area contributed by atoms with Gasteiger partial charge < -0.3 is 4.74 Å². The van der Waals surface area contributed by atoms with Crippen molar-refractivity contribution in [3.8, 4) is 53.1 Å². The first-order valence-electron chi connectivity index (χ1n) is 21.6. The van der Waals surface area contributed by atoms with Crippen molar-refractivity contribution in [3.05, 3.63) is 205 Å². The Morgan fingerprint density at radius 3 is 1.17 bits per heavy atom. The van der Waals surface area contributed by atoms with Crippen molar-refractivity contribution >= 4 is 0 Å². The molecule has 4 heteroatoms. The Morgan fingerprint density at radius 1 is 0.397 bits per heavy atom. The zero-order valence-corrected chi connectivity index (χ0v) is 37.5. The molecule has 0 aliphatic carbocycles. The van der Waals surface area contributed by atoms with Crippen LogP contribution in [-0.2, 0) is 6.42 Å². The van der Waals surface area contributed by atoms with Crippen molar-refractivity contribution in [1.82, 2.24) is 0 Å². The van der Waals surface area contributed by atoms with Crippen LogP contribution in [0.1, 0.15) is 129 Å². The van der Waals surface area contributed by atoms with E-state index >= 15 is 0 Å². The van der Waals surface area contributed by atoms with Crippen LogP contribution in [0.2, 0.25) is 0 Å². The van der Waals surface area contributed by atoms with Gasteiger partial charge in [-0.25, -0.2) is 0 Å². The molecule has 6 aromatic rings. The van der Waals surface area contributed by atoms with Gasteiger partial charge in [0, 0.05) is 38.9 Å². The van der Waals surface area contributed by atoms with Crippen molar-refractivity contribution < 1.29 is 17.9 Å². The van der Waals surface area contributed by atoms with E-state index in [0.717, 1.165) is 39.8 Å². The highest BCUT2D eigenvalue weighted by molar-refractivity contribution is 5.59. The van der Waals surface area contributed by atoms with Gasteiger partial charge in [0.1, 0.15) is 5.75 Å². The van der Waals surface area contributed by atoms with E-state index in [2.05, 4.69) is 140 Å². The van der Waals surface area contributed by atoms with E-state index < -0.39 is 6.36 Å². The number of unbranched alkanes of at least 4 members (excludes halogenated alkanes) is 5. The molecule has 0 unspecified atom stereocenters. The summed E-state index contributed by atoms with van der Waals surface area (Å²) >= 11 is 0. The number of hydrogen-bond donors (Lipinski definition) is 0. The van der Waals surface area contributed by atoms with Crippen LogP contribution in [0.4, 0.5) is 13.2 Å². The summed E-state index contributed by atoms with van der Waals surface area (Å²) < 4.78 is 43.2. The van der Waals surface area contributed by atoms with Gasteiger partial charge in [0.15, 0.2) is 0 Å². The molecule has 63 heavy (non-hydrogen) atoms. The van der Waals surface area contributed by atoms with E-state index in [4.69, 9.17) is 0 Å². The number of alkyl halides is 3. The highest BCUT2D eigenvalue weighted by atomic mass is 19.4. The van der Waals surface area contributed by atoms with E-state index in [1.807, 2.05) is 62.4 Å². The van der Waals surface area contributed by atoms with Crippen LogP contribution in [0.15, 0.2) is 121 Å². The first-order valence-corrected chi connectivity index (χ1v) is 21.6. The lowest BCUT2D eigenvalue weighted by Gasteiger charge is -2.13. The zero-order valence-electron chi connectivity index (χ0n) is 37.5. The molecule has 0 spiro atoms. The minimum absolute atomic E-state index is 0.189. The summed E-state index contributed by atoms with van der Waals surface area (Å²) in [5.41, 5.74) is 14.3. The minimum Gasteiger partial charge on any atom is -0.404 e. The lowest BCUT2D eigenvalue weighted by Crippen LogP contribution is -2.18. The number of aryl methyl sites for hydroxylation is 7. The summed E-state index contributed by atoms with van der Waals surface area (Å²) in [6.45, 7) is 14.3. The molecule has 1 nitrogen and oxygen atoms in total. The Kier molecular flexibility index (Phi) is 17.5. The molecule has 318 valence electrons. The largest absolute Gasteiger partial charge is 0.573 e. The highest BCUT2D eigenvalue weighted by Crippen LogP contribution is 2.30. The number of rotatable bonds is 8. The van der Waals surface area contributed by atoms with E-state index in [9.17, 15) is 13.2 Å². The molecule has 0 aromatic heterocycles. The molecular formula is C59H55F3O. The second-order valence-corrected chi connectivity index (χ2v) is 16.0. The summed E-state index contributed by atoms with van der Waals surface area (Å²) in [6.07, 6.45) is 4.03. The molecule has 0 aliphatic heterocycles. The van der Waals surface area contributed by atoms with Crippen molar-refractivity contribution in [1.29, 1.82) is 0 Å². The van der Waals surface area contributed by atoms with E-state index in [0.29, 0.717) is 16.7 Å². The third kappa shape index (κ3) is 16.2. The van der Waals surface area contributed by atoms with Gasteiger partial charge in [-0.1, -0.05) is 157 Å². The quantitative estimate of drug-likeness (QED) is 0.110. The molecule has 0 heterocycles. The summed E-state index contributed by atoms with van der Waals surface area (Å²) in [6, 6.07) is 39.3. The van der Waals surface area contributed by atoms with Gasteiger partial charge in [0.25, 0.3) is 0 Å². The standard InChI is InChI=1S/C33H36.C26H19F3O/c1-5-6-7-8-9-10-11-32-25-31(21-20-29-16-12-26(2)13-17-29)24-28(4)33(32)23-22-30-18-14-27(3)15-19-30;1-18-4-8-21(9-5-18)12-13-23-16-20(3)24(25(17-23)30-26(27,28)29)15-14-22-10-6-19(2)7-11-22/h12-19,24-25H,5-11H2,1-4H3;4-11,16-17H,1-3H3. The van der Waals surface area contributed by atoms with Gasteiger partial charge in [-0.05, 0) is 144 Å². The van der Waals surface area contributed by atoms with Gasteiger partial charge in [-0.3, -0.25) is 0 Å². The molecule has 0 saturated carbocycles. The molecule has 0 amide bonds. The van der Waals surface area contributed by atoms with Crippen LogP contribution in [0.5, 0.6) is 5.75 Å². The molecule has 0 saturated heterocycles. The minimum atomic E-state index is -4.82. The Hall–Kier alpha value is -6.85. The summed E-state index contributed by atoms with van der Waals surface area (Å²) in [5.74, 6) is 24.8. The summed E-state index contributed by atoms with van der Waals surface area (Å²) in [4.78, 5) is 0. The van der Waals surface area contributed by atoms with Gasteiger partial charge >= 0.3 is 6.36 Å². The molecule has 0 aliphatic rings. The lowest BCUT2D eigenvalue weighted by atomic mass is 9.94. The summed E-state index contributed by atoms with van der Waals surface area (Å²) in [7, 11) is 0. The van der Waals surface area contributed by atoms with E-state index in [1.54, 1.807) is 13.0 Å². The maximum atomic E-state index is 13.0. The Bertz CT molecular complexity index is 2710. The average Bonchev–Trinajstić information content (AvgIpc) is 3.25. The van der Waals surface area contributed by atoms with Gasteiger partial charge in [-0.2, -0.15) is 0 Å². The maximum Gasteiger partial charge on any atom is 0.573 e. The maximum absolute atomic E-state index is 13.0. The SMILES string of the molecule is CCCCCCCCc1cc(C#Cc2ccc(C)cc2)cc(C)c1C#Cc1ccc(C)cc1.Cc1ccc(C#Cc2cc(C)c(C#Cc3ccc(C)cc3)c(OC(F)(F)F)c2)cc1. The smallest absolute Gasteiger partial charge is 0.404 e. The van der Waals surface area contributed by atoms with Gasteiger partial charge in [-0.15, -0.1) is 13.2 Å². The molecular weight excluding hydrogens is 782 g/mol. The second-order valence-electron chi connectivity index (χ2n) is 16.0. The van der Waals surface area contributed by atoms with Gasteiger partial charge in [0.05, 0.1) is 5.56 Å².